The average Bonchev–Trinajstić information content (AvgIpc) is 2.46. The standard InChI is InChI=1S/C14H14N4O/c1-16-19-10-11-6-5-9-13(14(11)18-15)17-12-7-3-2-4-8-12/h2-9,15,17H,1,10H2/p+1. The van der Waals surface area contributed by atoms with E-state index in [-0.39, 0.29) is 6.61 Å². The lowest BCUT2D eigenvalue weighted by molar-refractivity contribution is -0.477. The second-order valence-corrected chi connectivity index (χ2v) is 3.92. The van der Waals surface area contributed by atoms with E-state index in [0.717, 1.165) is 16.9 Å². The first-order valence-corrected chi connectivity index (χ1v) is 5.82. The quantitative estimate of drug-likeness (QED) is 0.354. The van der Waals surface area contributed by atoms with Gasteiger partial charge >= 0.3 is 0 Å². The lowest BCUT2D eigenvalue weighted by atomic mass is 10.1. The molecule has 0 spiro atoms. The molecule has 0 aliphatic carbocycles. The minimum absolute atomic E-state index is 0.262. The van der Waals surface area contributed by atoms with Crippen LogP contribution in [0.5, 0.6) is 0 Å². The molecule has 0 amide bonds. The van der Waals surface area contributed by atoms with Crippen molar-refractivity contribution < 1.29 is 10.2 Å². The Hall–Kier alpha value is -2.53. The van der Waals surface area contributed by atoms with Crippen LogP contribution in [0, 0.1) is 5.53 Å². The monoisotopic (exact) mass is 255 g/mol. The molecule has 2 aromatic carbocycles. The van der Waals surface area contributed by atoms with Crippen LogP contribution in [0.25, 0.3) is 0 Å². The number of nitrogens with one attached hydrogen (secondary N) is 1. The molecule has 0 bridgehead atoms. The van der Waals surface area contributed by atoms with Crippen molar-refractivity contribution in [1.29, 1.82) is 5.53 Å². The number of nitrogens with two attached hydrogens (primary N) is 1. The maximum absolute atomic E-state index is 7.33. The van der Waals surface area contributed by atoms with E-state index in [9.17, 15) is 0 Å². The number of benzene rings is 2. The summed E-state index contributed by atoms with van der Waals surface area (Å²) in [6.07, 6.45) is 0. The van der Waals surface area contributed by atoms with Gasteiger partial charge in [0.05, 0.1) is 0 Å². The van der Waals surface area contributed by atoms with Crippen molar-refractivity contribution in [1.82, 2.24) is 0 Å². The van der Waals surface area contributed by atoms with Gasteiger partial charge in [-0.2, -0.15) is 5.11 Å². The molecule has 0 atom stereocenters. The van der Waals surface area contributed by atoms with Gasteiger partial charge in [-0.15, -0.1) is 5.16 Å². The molecule has 0 saturated heterocycles. The Labute approximate surface area is 111 Å². The van der Waals surface area contributed by atoms with Gasteiger partial charge in [0, 0.05) is 18.3 Å². The summed E-state index contributed by atoms with van der Waals surface area (Å²) in [5, 5.41) is 8.94. The Morgan fingerprint density at radius 2 is 1.89 bits per heavy atom. The molecule has 19 heavy (non-hydrogen) atoms. The number of hydrogen-bond donors (Lipinski definition) is 2. The molecule has 0 unspecified atom stereocenters. The zero-order valence-corrected chi connectivity index (χ0v) is 10.4. The van der Waals surface area contributed by atoms with Gasteiger partial charge in [-0.3, -0.25) is 5.32 Å². The molecule has 2 aromatic rings. The number of quaternary nitrogens is 1. The Kier molecular flexibility index (Phi) is 4.36. The van der Waals surface area contributed by atoms with Crippen LogP contribution in [-0.4, -0.2) is 6.72 Å². The first kappa shape index (κ1) is 12.9. The summed E-state index contributed by atoms with van der Waals surface area (Å²) in [5.41, 5.74) is 10.7. The molecule has 0 aliphatic heterocycles. The third kappa shape index (κ3) is 3.23. The van der Waals surface area contributed by atoms with Gasteiger partial charge in [0.1, 0.15) is 12.3 Å². The van der Waals surface area contributed by atoms with Crippen molar-refractivity contribution >= 4 is 23.8 Å². The van der Waals surface area contributed by atoms with Crippen LogP contribution < -0.4 is 5.32 Å². The van der Waals surface area contributed by atoms with Crippen LogP contribution in [0.1, 0.15) is 5.56 Å². The van der Waals surface area contributed by atoms with Crippen LogP contribution in [0.3, 0.4) is 0 Å². The Morgan fingerprint density at radius 1 is 1.11 bits per heavy atom. The van der Waals surface area contributed by atoms with Gasteiger partial charge in [-0.05, 0) is 12.1 Å². The van der Waals surface area contributed by atoms with Gasteiger partial charge in [0.15, 0.2) is 11.4 Å². The van der Waals surface area contributed by atoms with Gasteiger partial charge in [-0.1, -0.05) is 30.3 Å². The van der Waals surface area contributed by atoms with Gasteiger partial charge in [0.2, 0.25) is 0 Å². The highest BCUT2D eigenvalue weighted by molar-refractivity contribution is 5.62. The topological polar surface area (TPSA) is 74.4 Å². The lowest BCUT2D eigenvalue weighted by Crippen LogP contribution is -2.71. The van der Waals surface area contributed by atoms with Crippen LogP contribution in [0.15, 0.2) is 58.8 Å². The van der Waals surface area contributed by atoms with E-state index < -0.39 is 0 Å². The van der Waals surface area contributed by atoms with Gasteiger partial charge in [-0.25, -0.2) is 5.53 Å². The predicted octanol–water partition coefficient (Wildman–Crippen LogP) is 3.01. The Morgan fingerprint density at radius 3 is 2.58 bits per heavy atom. The first-order valence-electron chi connectivity index (χ1n) is 5.82. The number of oxime groups is 1. The van der Waals surface area contributed by atoms with Crippen molar-refractivity contribution in [2.24, 2.45) is 10.3 Å². The molecule has 3 N–H and O–H groups in total. The normalized spacial score (nSPS) is 9.89. The van der Waals surface area contributed by atoms with Gasteiger partial charge in [0.25, 0.3) is 0 Å². The highest BCUT2D eigenvalue weighted by Gasteiger charge is 2.12. The van der Waals surface area contributed by atoms with Crippen molar-refractivity contribution in [2.45, 2.75) is 6.61 Å². The molecule has 0 aromatic heterocycles. The van der Waals surface area contributed by atoms with Crippen LogP contribution in [-0.2, 0) is 11.4 Å². The van der Waals surface area contributed by atoms with E-state index >= 15 is 0 Å². The molecule has 96 valence electrons. The van der Waals surface area contributed by atoms with Crippen LogP contribution in [0.2, 0.25) is 0 Å². The summed E-state index contributed by atoms with van der Waals surface area (Å²) in [5.74, 6) is 0. The van der Waals surface area contributed by atoms with Crippen molar-refractivity contribution in [3.8, 4) is 0 Å². The summed E-state index contributed by atoms with van der Waals surface area (Å²) in [6.45, 7) is 3.53. The Balaban J connectivity index is 2.29. The van der Waals surface area contributed by atoms with E-state index in [0.29, 0.717) is 5.69 Å². The molecule has 0 saturated carbocycles. The zero-order chi connectivity index (χ0) is 13.5. The molecule has 0 radical (unpaired) electrons. The fraction of sp³-hybridized carbons (Fsp3) is 0.0714. The maximum atomic E-state index is 7.33. The van der Waals surface area contributed by atoms with Crippen LogP contribution >= 0.6 is 0 Å². The third-order valence-electron chi connectivity index (χ3n) is 2.70. The fourth-order valence-corrected chi connectivity index (χ4v) is 1.82. The minimum atomic E-state index is 0.262. The van der Waals surface area contributed by atoms with Gasteiger partial charge < -0.3 is 4.84 Å². The largest absolute Gasteiger partial charge is 0.391 e. The maximum Gasteiger partial charge on any atom is 0.162 e. The number of hydrogen-bond acceptors (Lipinski definition) is 4. The average molecular weight is 255 g/mol. The first-order chi connectivity index (χ1) is 9.35. The van der Waals surface area contributed by atoms with Crippen molar-refractivity contribution in [2.75, 3.05) is 0 Å². The summed E-state index contributed by atoms with van der Waals surface area (Å²) in [6, 6.07) is 15.6. The highest BCUT2D eigenvalue weighted by Crippen LogP contribution is 2.27. The molecule has 5 heteroatoms. The molecule has 5 nitrogen and oxygen atoms in total. The summed E-state index contributed by atoms with van der Waals surface area (Å²) in [7, 11) is 0. The highest BCUT2D eigenvalue weighted by atomic mass is 16.6. The van der Waals surface area contributed by atoms with E-state index in [1.165, 1.54) is 0 Å². The molecular formula is C14H15N4O+. The molecule has 0 aliphatic rings. The van der Waals surface area contributed by atoms with E-state index in [2.05, 4.69) is 17.0 Å². The second-order valence-electron chi connectivity index (χ2n) is 3.92. The van der Waals surface area contributed by atoms with Crippen LogP contribution in [0.4, 0.5) is 17.1 Å². The second kappa shape index (κ2) is 6.42. The van der Waals surface area contributed by atoms with E-state index in [4.69, 9.17) is 10.4 Å². The number of rotatable bonds is 6. The summed E-state index contributed by atoms with van der Waals surface area (Å²) < 4.78 is 0. The predicted molar refractivity (Wildman–Crippen MR) is 73.3 cm³/mol. The van der Waals surface area contributed by atoms with E-state index in [1.807, 2.05) is 53.8 Å². The van der Waals surface area contributed by atoms with E-state index in [1.54, 1.807) is 0 Å². The minimum Gasteiger partial charge on any atom is -0.391 e. The lowest BCUT2D eigenvalue weighted by Gasteiger charge is -2.07. The molecule has 0 fully saturated rings. The number of nitrogens with zero attached hydrogens (tertiary/aromatic N) is 2. The Bertz CT molecular complexity index is 569. The SMILES string of the molecule is C=NOCc1cccc([NH2+]c2ccccc2)c1N=N. The van der Waals surface area contributed by atoms with Crippen molar-refractivity contribution in [3.63, 3.8) is 0 Å². The molecule has 2 rings (SSSR count). The summed E-state index contributed by atoms with van der Waals surface area (Å²) >= 11 is 0. The zero-order valence-electron chi connectivity index (χ0n) is 10.4. The summed E-state index contributed by atoms with van der Waals surface area (Å²) in [4.78, 5) is 4.92. The molecular weight excluding hydrogens is 240 g/mol. The molecule has 0 heterocycles. The number of para-hydroxylation sites is 2. The third-order valence-corrected chi connectivity index (χ3v) is 2.70. The van der Waals surface area contributed by atoms with Crippen molar-refractivity contribution in [3.05, 3.63) is 54.1 Å². The smallest absolute Gasteiger partial charge is 0.162 e. The fourth-order valence-electron chi connectivity index (χ4n) is 1.82.